The maximum Gasteiger partial charge on any atom is 0.287 e. The van der Waals surface area contributed by atoms with Crippen LogP contribution in [-0.2, 0) is 5.92 Å². The third-order valence-electron chi connectivity index (χ3n) is 3.01. The Morgan fingerprint density at radius 1 is 1.45 bits per heavy atom. The highest BCUT2D eigenvalue weighted by atomic mass is 19.3. The molecule has 2 aromatic heterocycles. The van der Waals surface area contributed by atoms with Crippen molar-refractivity contribution in [2.75, 3.05) is 5.73 Å². The highest BCUT2D eigenvalue weighted by molar-refractivity contribution is 5.95. The van der Waals surface area contributed by atoms with Crippen LogP contribution in [0.15, 0.2) is 18.5 Å². The van der Waals surface area contributed by atoms with E-state index in [-0.39, 0.29) is 11.4 Å². The molecule has 0 saturated heterocycles. The van der Waals surface area contributed by atoms with E-state index in [4.69, 9.17) is 5.73 Å². The SMILES string of the molecule is CC(=O)c1cnn(-c2ccnc(N)c2C)c1C(C)(F)F. The van der Waals surface area contributed by atoms with E-state index in [0.29, 0.717) is 11.3 Å². The molecule has 2 heterocycles. The average Bonchev–Trinajstić information content (AvgIpc) is 2.77. The quantitative estimate of drug-likeness (QED) is 0.876. The molecular weight excluding hydrogens is 266 g/mol. The number of halogens is 2. The van der Waals surface area contributed by atoms with Crippen LogP contribution in [0.5, 0.6) is 0 Å². The smallest absolute Gasteiger partial charge is 0.287 e. The first-order valence-electron chi connectivity index (χ1n) is 5.92. The van der Waals surface area contributed by atoms with Gasteiger partial charge in [-0.25, -0.2) is 9.67 Å². The molecule has 0 saturated carbocycles. The number of carbonyl (C=O) groups is 1. The van der Waals surface area contributed by atoms with Crippen LogP contribution in [-0.4, -0.2) is 20.5 Å². The number of Topliss-reactive ketones (excluding diaryl/α,β-unsaturated/α-hetero) is 1. The van der Waals surface area contributed by atoms with E-state index >= 15 is 0 Å². The van der Waals surface area contributed by atoms with Crippen LogP contribution in [0, 0.1) is 6.92 Å². The van der Waals surface area contributed by atoms with Gasteiger partial charge in [-0.15, -0.1) is 0 Å². The second-order valence-corrected chi connectivity index (χ2v) is 4.60. The minimum atomic E-state index is -3.21. The maximum absolute atomic E-state index is 13.8. The zero-order chi connectivity index (χ0) is 15.1. The lowest BCUT2D eigenvalue weighted by molar-refractivity contribution is 0.00932. The Hall–Kier alpha value is -2.31. The van der Waals surface area contributed by atoms with E-state index in [9.17, 15) is 13.6 Å². The molecule has 0 aliphatic heterocycles. The van der Waals surface area contributed by atoms with Crippen molar-refractivity contribution in [3.63, 3.8) is 0 Å². The first-order chi connectivity index (χ1) is 9.23. The van der Waals surface area contributed by atoms with Crippen molar-refractivity contribution in [2.45, 2.75) is 26.7 Å². The minimum Gasteiger partial charge on any atom is -0.383 e. The second-order valence-electron chi connectivity index (χ2n) is 4.60. The van der Waals surface area contributed by atoms with Crippen molar-refractivity contribution in [3.05, 3.63) is 35.3 Å². The van der Waals surface area contributed by atoms with Crippen LogP contribution < -0.4 is 5.73 Å². The van der Waals surface area contributed by atoms with Gasteiger partial charge >= 0.3 is 0 Å². The Kier molecular flexibility index (Phi) is 3.29. The number of alkyl halides is 2. The topological polar surface area (TPSA) is 73.8 Å². The zero-order valence-corrected chi connectivity index (χ0v) is 11.3. The van der Waals surface area contributed by atoms with Gasteiger partial charge in [-0.3, -0.25) is 4.79 Å². The van der Waals surface area contributed by atoms with Gasteiger partial charge in [0.05, 0.1) is 17.4 Å². The van der Waals surface area contributed by atoms with Crippen LogP contribution in [0.25, 0.3) is 5.69 Å². The fourth-order valence-electron chi connectivity index (χ4n) is 1.98. The Balaban J connectivity index is 2.76. The van der Waals surface area contributed by atoms with Crippen LogP contribution in [0.4, 0.5) is 14.6 Å². The number of anilines is 1. The number of carbonyl (C=O) groups excluding carboxylic acids is 1. The van der Waals surface area contributed by atoms with Crippen LogP contribution in [0.3, 0.4) is 0 Å². The molecule has 0 unspecified atom stereocenters. The molecule has 2 rings (SSSR count). The summed E-state index contributed by atoms with van der Waals surface area (Å²) in [6.45, 7) is 3.61. The molecule has 20 heavy (non-hydrogen) atoms. The van der Waals surface area contributed by atoms with Crippen LogP contribution in [0.1, 0.15) is 35.5 Å². The second kappa shape index (κ2) is 4.66. The van der Waals surface area contributed by atoms with Gasteiger partial charge in [0.25, 0.3) is 5.92 Å². The molecule has 0 atom stereocenters. The predicted molar refractivity (Wildman–Crippen MR) is 70.1 cm³/mol. The Morgan fingerprint density at radius 3 is 2.65 bits per heavy atom. The summed E-state index contributed by atoms with van der Waals surface area (Å²) in [6.07, 6.45) is 2.55. The van der Waals surface area contributed by atoms with Crippen molar-refractivity contribution in [1.29, 1.82) is 0 Å². The summed E-state index contributed by atoms with van der Waals surface area (Å²) in [4.78, 5) is 15.4. The van der Waals surface area contributed by atoms with Crippen LogP contribution >= 0.6 is 0 Å². The Bertz CT molecular complexity index is 673. The standard InChI is InChI=1S/C13H14F2N4O/c1-7-10(4-5-17-12(7)16)19-11(13(3,14)15)9(6-18-19)8(2)20/h4-6H,1-3H3,(H2,16,17). The van der Waals surface area contributed by atoms with Crippen LogP contribution in [0.2, 0.25) is 0 Å². The molecule has 2 aromatic rings. The summed E-state index contributed by atoms with van der Waals surface area (Å²) in [5.41, 5.74) is 6.03. The molecule has 0 radical (unpaired) electrons. The van der Waals surface area contributed by atoms with Gasteiger partial charge in [0.15, 0.2) is 5.78 Å². The average molecular weight is 280 g/mol. The summed E-state index contributed by atoms with van der Waals surface area (Å²) in [7, 11) is 0. The van der Waals surface area contributed by atoms with Crippen molar-refractivity contribution < 1.29 is 13.6 Å². The summed E-state index contributed by atoms with van der Waals surface area (Å²) < 4.78 is 28.7. The summed E-state index contributed by atoms with van der Waals surface area (Å²) in [6, 6.07) is 1.53. The lowest BCUT2D eigenvalue weighted by atomic mass is 10.1. The molecule has 0 aromatic carbocycles. The van der Waals surface area contributed by atoms with Gasteiger partial charge in [-0.05, 0) is 19.9 Å². The number of pyridine rings is 1. The third kappa shape index (κ3) is 2.26. The number of nitrogens with zero attached hydrogens (tertiary/aromatic N) is 3. The summed E-state index contributed by atoms with van der Waals surface area (Å²) in [5, 5.41) is 3.91. The van der Waals surface area contributed by atoms with Crippen molar-refractivity contribution in [1.82, 2.24) is 14.8 Å². The number of hydrogen-bond acceptors (Lipinski definition) is 4. The highest BCUT2D eigenvalue weighted by Gasteiger charge is 2.35. The molecule has 0 spiro atoms. The zero-order valence-electron chi connectivity index (χ0n) is 11.3. The van der Waals surface area contributed by atoms with E-state index in [1.54, 1.807) is 6.92 Å². The molecule has 0 aliphatic rings. The Labute approximate surface area is 114 Å². The fourth-order valence-corrected chi connectivity index (χ4v) is 1.98. The molecule has 0 fully saturated rings. The highest BCUT2D eigenvalue weighted by Crippen LogP contribution is 2.33. The van der Waals surface area contributed by atoms with E-state index < -0.39 is 17.4 Å². The molecule has 0 aliphatic carbocycles. The number of ketones is 1. The Morgan fingerprint density at radius 2 is 2.10 bits per heavy atom. The van der Waals surface area contributed by atoms with E-state index in [2.05, 4.69) is 10.1 Å². The van der Waals surface area contributed by atoms with Gasteiger partial charge in [-0.1, -0.05) is 0 Å². The lowest BCUT2D eigenvalue weighted by Gasteiger charge is -2.16. The van der Waals surface area contributed by atoms with E-state index in [1.807, 2.05) is 0 Å². The predicted octanol–water partition coefficient (Wildman–Crippen LogP) is 2.47. The van der Waals surface area contributed by atoms with Gasteiger partial charge in [0.1, 0.15) is 11.5 Å². The molecule has 7 heteroatoms. The van der Waals surface area contributed by atoms with Crippen molar-refractivity contribution in [2.24, 2.45) is 0 Å². The first-order valence-corrected chi connectivity index (χ1v) is 5.92. The molecule has 5 nitrogen and oxygen atoms in total. The molecular formula is C13H14F2N4O. The maximum atomic E-state index is 13.8. The first kappa shape index (κ1) is 14.1. The molecule has 0 amide bonds. The largest absolute Gasteiger partial charge is 0.383 e. The monoisotopic (exact) mass is 280 g/mol. The van der Waals surface area contributed by atoms with Gasteiger partial charge < -0.3 is 5.73 Å². The van der Waals surface area contributed by atoms with Crippen molar-refractivity contribution >= 4 is 11.6 Å². The fraction of sp³-hybridized carbons (Fsp3) is 0.308. The molecule has 2 N–H and O–H groups in total. The van der Waals surface area contributed by atoms with Crippen molar-refractivity contribution in [3.8, 4) is 5.69 Å². The third-order valence-corrected chi connectivity index (χ3v) is 3.01. The van der Waals surface area contributed by atoms with Gasteiger partial charge in [-0.2, -0.15) is 13.9 Å². The number of hydrogen-bond donors (Lipinski definition) is 1. The summed E-state index contributed by atoms with van der Waals surface area (Å²) in [5.74, 6) is -3.44. The lowest BCUT2D eigenvalue weighted by Crippen LogP contribution is -2.18. The summed E-state index contributed by atoms with van der Waals surface area (Å²) >= 11 is 0. The van der Waals surface area contributed by atoms with E-state index in [1.165, 1.54) is 19.2 Å². The van der Waals surface area contributed by atoms with E-state index in [0.717, 1.165) is 17.8 Å². The number of nitrogen functional groups attached to an aromatic ring is 1. The molecule has 0 bridgehead atoms. The molecule has 106 valence electrons. The van der Waals surface area contributed by atoms with Gasteiger partial charge in [0, 0.05) is 18.7 Å². The minimum absolute atomic E-state index is 0.104. The number of aromatic nitrogens is 3. The number of nitrogens with two attached hydrogens (primary N) is 1. The van der Waals surface area contributed by atoms with Gasteiger partial charge in [0.2, 0.25) is 0 Å². The normalized spacial score (nSPS) is 11.7. The number of rotatable bonds is 3.